The Morgan fingerprint density at radius 2 is 1.85 bits per heavy atom. The van der Waals surface area contributed by atoms with Crippen LogP contribution < -0.4 is 10.6 Å². The Kier molecular flexibility index (Phi) is 6.06. The molecule has 27 heavy (non-hydrogen) atoms. The Bertz CT molecular complexity index is 788. The summed E-state index contributed by atoms with van der Waals surface area (Å²) in [5.74, 6) is 0.0393. The fourth-order valence-electron chi connectivity index (χ4n) is 3.08. The van der Waals surface area contributed by atoms with Crippen LogP contribution >= 0.6 is 0 Å². The van der Waals surface area contributed by atoms with Gasteiger partial charge in [0.05, 0.1) is 12.6 Å². The van der Waals surface area contributed by atoms with Crippen molar-refractivity contribution in [2.75, 3.05) is 19.6 Å². The zero-order valence-electron chi connectivity index (χ0n) is 15.4. The summed E-state index contributed by atoms with van der Waals surface area (Å²) < 4.78 is 26.5. The first-order valence-corrected chi connectivity index (χ1v) is 9.24. The molecule has 3 rings (SSSR count). The molecular formula is C21H25F2N3O. The van der Waals surface area contributed by atoms with Gasteiger partial charge in [-0.3, -0.25) is 4.99 Å². The molecule has 6 heteroatoms. The van der Waals surface area contributed by atoms with Gasteiger partial charge in [0.25, 0.3) is 0 Å². The predicted octanol–water partition coefficient (Wildman–Crippen LogP) is 3.29. The van der Waals surface area contributed by atoms with Gasteiger partial charge in [-0.05, 0) is 55.2 Å². The zero-order valence-corrected chi connectivity index (χ0v) is 15.4. The molecule has 1 unspecified atom stereocenters. The first-order valence-electron chi connectivity index (χ1n) is 9.24. The number of rotatable bonds is 7. The van der Waals surface area contributed by atoms with E-state index < -0.39 is 6.10 Å². The minimum atomic E-state index is -0.771. The van der Waals surface area contributed by atoms with Crippen molar-refractivity contribution in [2.45, 2.75) is 31.3 Å². The van der Waals surface area contributed by atoms with Crippen molar-refractivity contribution < 1.29 is 13.9 Å². The third kappa shape index (κ3) is 5.04. The van der Waals surface area contributed by atoms with Crippen LogP contribution in [0.25, 0.3) is 0 Å². The summed E-state index contributed by atoms with van der Waals surface area (Å²) in [5, 5.41) is 16.5. The maximum Gasteiger partial charge on any atom is 0.191 e. The molecule has 144 valence electrons. The third-order valence-corrected chi connectivity index (χ3v) is 4.89. The molecule has 0 aliphatic heterocycles. The van der Waals surface area contributed by atoms with E-state index in [1.54, 1.807) is 24.3 Å². The maximum absolute atomic E-state index is 13.5. The number of nitrogens with one attached hydrogen (secondary N) is 2. The summed E-state index contributed by atoms with van der Waals surface area (Å²) in [7, 11) is 0. The molecule has 1 atom stereocenters. The number of nitrogens with zero attached hydrogens (tertiary/aromatic N) is 1. The van der Waals surface area contributed by atoms with Gasteiger partial charge in [-0.2, -0.15) is 0 Å². The lowest BCUT2D eigenvalue weighted by Crippen LogP contribution is -2.40. The highest BCUT2D eigenvalue weighted by Gasteiger charge is 2.44. The molecule has 1 aliphatic rings. The number of halogens is 2. The highest BCUT2D eigenvalue weighted by molar-refractivity contribution is 5.79. The number of aliphatic hydroxyl groups excluding tert-OH is 1. The van der Waals surface area contributed by atoms with Gasteiger partial charge in [-0.1, -0.05) is 24.3 Å². The summed E-state index contributed by atoms with van der Waals surface area (Å²) in [5.41, 5.74) is 1.52. The molecule has 3 N–H and O–H groups in total. The molecule has 0 heterocycles. The average molecular weight is 373 g/mol. The molecular weight excluding hydrogens is 348 g/mol. The van der Waals surface area contributed by atoms with Crippen LogP contribution in [0.4, 0.5) is 8.78 Å². The van der Waals surface area contributed by atoms with E-state index in [9.17, 15) is 13.9 Å². The predicted molar refractivity (Wildman–Crippen MR) is 103 cm³/mol. The number of hydrogen-bond acceptors (Lipinski definition) is 2. The van der Waals surface area contributed by atoms with Crippen LogP contribution in [0.1, 0.15) is 37.0 Å². The standard InChI is InChI=1S/C21H25F2N3O/c1-2-24-20(25-13-19(27)15-6-8-17(22)9-7-15)26-14-21(10-11-21)16-4-3-5-18(23)12-16/h3-9,12,19,27H,2,10-11,13-14H2,1H3,(H2,24,25,26). The van der Waals surface area contributed by atoms with E-state index in [-0.39, 0.29) is 23.6 Å². The third-order valence-electron chi connectivity index (χ3n) is 4.89. The molecule has 4 nitrogen and oxygen atoms in total. The van der Waals surface area contributed by atoms with Gasteiger partial charge < -0.3 is 15.7 Å². The number of hydrogen-bond donors (Lipinski definition) is 3. The molecule has 0 bridgehead atoms. The molecule has 0 saturated heterocycles. The van der Waals surface area contributed by atoms with Crippen molar-refractivity contribution in [2.24, 2.45) is 4.99 Å². The van der Waals surface area contributed by atoms with Gasteiger partial charge in [-0.25, -0.2) is 8.78 Å². The van der Waals surface area contributed by atoms with Crippen LogP contribution in [-0.2, 0) is 5.41 Å². The van der Waals surface area contributed by atoms with Crippen LogP contribution in [0.2, 0.25) is 0 Å². The average Bonchev–Trinajstić information content (AvgIpc) is 3.45. The van der Waals surface area contributed by atoms with E-state index in [4.69, 9.17) is 0 Å². The Morgan fingerprint density at radius 1 is 1.11 bits per heavy atom. The molecule has 1 aliphatic carbocycles. The highest BCUT2D eigenvalue weighted by Crippen LogP contribution is 2.48. The monoisotopic (exact) mass is 373 g/mol. The Hall–Kier alpha value is -2.47. The molecule has 0 amide bonds. The number of guanidine groups is 1. The topological polar surface area (TPSA) is 56.7 Å². The number of aliphatic hydroxyl groups is 1. The van der Waals surface area contributed by atoms with Crippen LogP contribution in [-0.4, -0.2) is 30.7 Å². The van der Waals surface area contributed by atoms with Gasteiger partial charge in [0, 0.05) is 18.5 Å². The minimum absolute atomic E-state index is 0.0972. The SMILES string of the molecule is CCNC(=NCC1(c2cccc(F)c2)CC1)NCC(O)c1ccc(F)cc1. The largest absolute Gasteiger partial charge is 0.387 e. The summed E-state index contributed by atoms with van der Waals surface area (Å²) in [6.45, 7) is 3.46. The lowest BCUT2D eigenvalue weighted by atomic mass is 9.96. The smallest absolute Gasteiger partial charge is 0.191 e. The van der Waals surface area contributed by atoms with E-state index in [0.717, 1.165) is 18.4 Å². The van der Waals surface area contributed by atoms with Crippen LogP contribution in [0.3, 0.4) is 0 Å². The van der Waals surface area contributed by atoms with Gasteiger partial charge in [0.1, 0.15) is 11.6 Å². The lowest BCUT2D eigenvalue weighted by molar-refractivity contribution is 0.180. The Balaban J connectivity index is 1.62. The van der Waals surface area contributed by atoms with E-state index in [1.165, 1.54) is 18.2 Å². The van der Waals surface area contributed by atoms with Crippen molar-refractivity contribution in [3.63, 3.8) is 0 Å². The highest BCUT2D eigenvalue weighted by atomic mass is 19.1. The fraction of sp³-hybridized carbons (Fsp3) is 0.381. The molecule has 0 spiro atoms. The van der Waals surface area contributed by atoms with Gasteiger partial charge in [-0.15, -0.1) is 0 Å². The van der Waals surface area contributed by atoms with Crippen molar-refractivity contribution in [3.8, 4) is 0 Å². The lowest BCUT2D eigenvalue weighted by Gasteiger charge is -2.18. The minimum Gasteiger partial charge on any atom is -0.387 e. The van der Waals surface area contributed by atoms with Crippen molar-refractivity contribution >= 4 is 5.96 Å². The van der Waals surface area contributed by atoms with E-state index in [1.807, 2.05) is 13.0 Å². The summed E-state index contributed by atoms with van der Waals surface area (Å²) in [6.07, 6.45) is 1.20. The molecule has 1 saturated carbocycles. The van der Waals surface area contributed by atoms with Gasteiger partial charge >= 0.3 is 0 Å². The van der Waals surface area contributed by atoms with Crippen molar-refractivity contribution in [1.82, 2.24) is 10.6 Å². The number of aliphatic imine (C=N–C) groups is 1. The number of benzene rings is 2. The van der Waals surface area contributed by atoms with Crippen LogP contribution in [0, 0.1) is 11.6 Å². The summed E-state index contributed by atoms with van der Waals surface area (Å²) >= 11 is 0. The normalized spacial score (nSPS) is 16.7. The van der Waals surface area contributed by atoms with Crippen molar-refractivity contribution in [1.29, 1.82) is 0 Å². The first kappa shape index (κ1) is 19.3. The zero-order chi connectivity index (χ0) is 19.3. The second-order valence-corrected chi connectivity index (χ2v) is 6.93. The Morgan fingerprint density at radius 3 is 2.48 bits per heavy atom. The van der Waals surface area contributed by atoms with E-state index >= 15 is 0 Å². The molecule has 0 aromatic heterocycles. The van der Waals surface area contributed by atoms with Gasteiger partial charge in [0.2, 0.25) is 0 Å². The molecule has 1 fully saturated rings. The second kappa shape index (κ2) is 8.48. The second-order valence-electron chi connectivity index (χ2n) is 6.93. The van der Waals surface area contributed by atoms with E-state index in [0.29, 0.717) is 24.6 Å². The Labute approximate surface area is 158 Å². The summed E-state index contributed by atoms with van der Waals surface area (Å²) in [6, 6.07) is 12.5. The van der Waals surface area contributed by atoms with Crippen LogP contribution in [0.15, 0.2) is 53.5 Å². The quantitative estimate of drug-likeness (QED) is 0.516. The van der Waals surface area contributed by atoms with Gasteiger partial charge in [0.15, 0.2) is 5.96 Å². The van der Waals surface area contributed by atoms with E-state index in [2.05, 4.69) is 15.6 Å². The van der Waals surface area contributed by atoms with Crippen molar-refractivity contribution in [3.05, 3.63) is 71.3 Å². The maximum atomic E-state index is 13.5. The molecule has 2 aromatic carbocycles. The fourth-order valence-corrected chi connectivity index (χ4v) is 3.08. The summed E-state index contributed by atoms with van der Waals surface area (Å²) in [4.78, 5) is 4.63. The molecule has 2 aromatic rings. The first-order chi connectivity index (χ1) is 13.0. The van der Waals surface area contributed by atoms with Crippen LogP contribution in [0.5, 0.6) is 0 Å². The molecule has 0 radical (unpaired) electrons.